The molecule has 1 aliphatic carbocycles. The summed E-state index contributed by atoms with van der Waals surface area (Å²) in [5, 5.41) is 6.80. The molecular weight excluding hydrogens is 600 g/mol. The van der Waals surface area contributed by atoms with Crippen molar-refractivity contribution in [2.75, 3.05) is 14.2 Å². The highest BCUT2D eigenvalue weighted by molar-refractivity contribution is 9.10. The number of rotatable bonds is 5. The van der Waals surface area contributed by atoms with Crippen LogP contribution >= 0.6 is 15.9 Å². The zero-order valence-corrected chi connectivity index (χ0v) is 25.0. The van der Waals surface area contributed by atoms with Crippen molar-refractivity contribution in [3.63, 3.8) is 0 Å². The van der Waals surface area contributed by atoms with Crippen LogP contribution in [0.25, 0.3) is 0 Å². The SMILES string of the molecule is COC(=O)[C@]1(C)N[C@H](c2ccccc2)[C@@H]2C(=O)[C@@H]3[C@H](C(=O)[C@@H]21)[C@H](c1ccc(Br)cc1)N[C@@]3(C(=O)OC)c1ccccc1. The van der Waals surface area contributed by atoms with Crippen molar-refractivity contribution in [3.8, 4) is 0 Å². The Morgan fingerprint density at radius 2 is 1.19 bits per heavy atom. The van der Waals surface area contributed by atoms with Crippen molar-refractivity contribution in [2.24, 2.45) is 23.7 Å². The van der Waals surface area contributed by atoms with Crippen molar-refractivity contribution in [1.29, 1.82) is 0 Å². The number of fused-ring (bicyclic) bond motifs is 2. The van der Waals surface area contributed by atoms with E-state index in [-0.39, 0.29) is 11.6 Å². The molecule has 3 aromatic rings. The largest absolute Gasteiger partial charge is 0.468 e. The number of hydrogen-bond donors (Lipinski definition) is 2. The second kappa shape index (κ2) is 10.6. The van der Waals surface area contributed by atoms with Gasteiger partial charge in [-0.25, -0.2) is 4.79 Å². The van der Waals surface area contributed by atoms with Crippen LogP contribution in [0, 0.1) is 23.7 Å². The quantitative estimate of drug-likeness (QED) is 0.406. The molecule has 9 heteroatoms. The van der Waals surface area contributed by atoms with Crippen molar-refractivity contribution in [2.45, 2.75) is 30.1 Å². The lowest BCUT2D eigenvalue weighted by Crippen LogP contribution is -2.60. The van der Waals surface area contributed by atoms with E-state index in [9.17, 15) is 14.4 Å². The maximum atomic E-state index is 15.1. The average molecular weight is 632 g/mol. The highest BCUT2D eigenvalue weighted by Gasteiger charge is 2.73. The first-order valence-electron chi connectivity index (χ1n) is 13.8. The van der Waals surface area contributed by atoms with Gasteiger partial charge in [-0.3, -0.25) is 25.0 Å². The lowest BCUT2D eigenvalue weighted by molar-refractivity contribution is -0.161. The van der Waals surface area contributed by atoms with Crippen LogP contribution in [0.4, 0.5) is 0 Å². The Morgan fingerprint density at radius 3 is 1.79 bits per heavy atom. The monoisotopic (exact) mass is 630 g/mol. The molecule has 8 atom stereocenters. The van der Waals surface area contributed by atoms with Gasteiger partial charge >= 0.3 is 11.9 Å². The molecule has 216 valence electrons. The summed E-state index contributed by atoms with van der Waals surface area (Å²) in [5.74, 6) is -5.83. The number of carbonyl (C=O) groups is 4. The zero-order chi connectivity index (χ0) is 29.8. The van der Waals surface area contributed by atoms with E-state index >= 15 is 4.79 Å². The molecule has 3 fully saturated rings. The van der Waals surface area contributed by atoms with E-state index in [0.29, 0.717) is 5.56 Å². The lowest BCUT2D eigenvalue weighted by atomic mass is 9.57. The van der Waals surface area contributed by atoms with Crippen molar-refractivity contribution >= 4 is 39.4 Å². The van der Waals surface area contributed by atoms with Crippen molar-refractivity contribution < 1.29 is 28.7 Å². The van der Waals surface area contributed by atoms with Gasteiger partial charge in [-0.1, -0.05) is 88.7 Å². The fourth-order valence-electron chi connectivity index (χ4n) is 7.60. The molecule has 2 saturated heterocycles. The van der Waals surface area contributed by atoms with Crippen LogP contribution in [0.3, 0.4) is 0 Å². The van der Waals surface area contributed by atoms with E-state index in [1.807, 2.05) is 60.7 Å². The second-order valence-electron chi connectivity index (χ2n) is 11.4. The summed E-state index contributed by atoms with van der Waals surface area (Å²) in [5.41, 5.74) is -1.07. The predicted octanol–water partition coefficient (Wildman–Crippen LogP) is 4.05. The molecule has 8 nitrogen and oxygen atoms in total. The Labute approximate surface area is 252 Å². The van der Waals surface area contributed by atoms with Gasteiger partial charge in [0, 0.05) is 22.5 Å². The van der Waals surface area contributed by atoms with Gasteiger partial charge in [-0.2, -0.15) is 0 Å². The van der Waals surface area contributed by atoms with E-state index in [0.717, 1.165) is 15.6 Å². The Balaban J connectivity index is 1.60. The van der Waals surface area contributed by atoms with Crippen LogP contribution in [0.1, 0.15) is 35.7 Å². The Kier molecular flexibility index (Phi) is 7.15. The molecule has 2 N–H and O–H groups in total. The molecule has 0 spiro atoms. The van der Waals surface area contributed by atoms with Crippen LogP contribution < -0.4 is 10.6 Å². The van der Waals surface area contributed by atoms with Crippen LogP contribution in [-0.4, -0.2) is 43.3 Å². The molecule has 0 amide bonds. The summed E-state index contributed by atoms with van der Waals surface area (Å²) in [6, 6.07) is 24.3. The molecule has 3 aliphatic rings. The molecule has 0 bridgehead atoms. The number of Topliss-reactive ketones (excluding diaryl/α,β-unsaturated/α-hetero) is 2. The number of benzene rings is 3. The summed E-state index contributed by atoms with van der Waals surface area (Å²) in [7, 11) is 2.56. The zero-order valence-electron chi connectivity index (χ0n) is 23.4. The summed E-state index contributed by atoms with van der Waals surface area (Å²) >= 11 is 3.47. The molecule has 6 rings (SSSR count). The molecular formula is C33H31BrN2O6. The molecule has 0 aromatic heterocycles. The molecule has 1 saturated carbocycles. The van der Waals surface area contributed by atoms with E-state index in [4.69, 9.17) is 9.47 Å². The van der Waals surface area contributed by atoms with Crippen LogP contribution in [0.2, 0.25) is 0 Å². The molecule has 0 unspecified atom stereocenters. The number of methoxy groups -OCH3 is 2. The topological polar surface area (TPSA) is 111 Å². The molecule has 0 radical (unpaired) electrons. The Morgan fingerprint density at radius 1 is 0.690 bits per heavy atom. The van der Waals surface area contributed by atoms with Crippen LogP contribution in [0.5, 0.6) is 0 Å². The van der Waals surface area contributed by atoms with Crippen molar-refractivity contribution in [3.05, 3.63) is 106 Å². The van der Waals surface area contributed by atoms with E-state index in [1.54, 1.807) is 31.2 Å². The smallest absolute Gasteiger partial charge is 0.331 e. The number of ether oxygens (including phenoxy) is 2. The third kappa shape index (κ3) is 4.01. The van der Waals surface area contributed by atoms with Crippen LogP contribution in [-0.2, 0) is 34.2 Å². The Bertz CT molecular complexity index is 1550. The van der Waals surface area contributed by atoms with Gasteiger partial charge in [0.05, 0.1) is 32.0 Å². The van der Waals surface area contributed by atoms with Gasteiger partial charge in [-0.05, 0) is 35.7 Å². The second-order valence-corrected chi connectivity index (χ2v) is 12.3. The minimum absolute atomic E-state index is 0.273. The number of carbonyl (C=O) groups excluding carboxylic acids is 4. The summed E-state index contributed by atoms with van der Waals surface area (Å²) < 4.78 is 11.4. The summed E-state index contributed by atoms with van der Waals surface area (Å²) in [6.07, 6.45) is 0. The van der Waals surface area contributed by atoms with Gasteiger partial charge in [0.15, 0.2) is 5.54 Å². The maximum absolute atomic E-state index is 15.1. The first kappa shape index (κ1) is 28.5. The number of ketones is 2. The Hall–Kier alpha value is -3.66. The van der Waals surface area contributed by atoms with E-state index in [2.05, 4.69) is 26.6 Å². The minimum Gasteiger partial charge on any atom is -0.468 e. The van der Waals surface area contributed by atoms with Crippen LogP contribution in [0.15, 0.2) is 89.4 Å². The highest BCUT2D eigenvalue weighted by Crippen LogP contribution is 2.59. The fraction of sp³-hybridized carbons (Fsp3) is 0.333. The predicted molar refractivity (Wildman–Crippen MR) is 157 cm³/mol. The highest BCUT2D eigenvalue weighted by atomic mass is 79.9. The maximum Gasteiger partial charge on any atom is 0.331 e. The third-order valence-corrected chi connectivity index (χ3v) is 9.90. The first-order valence-corrected chi connectivity index (χ1v) is 14.6. The van der Waals surface area contributed by atoms with E-state index < -0.39 is 58.8 Å². The van der Waals surface area contributed by atoms with Gasteiger partial charge < -0.3 is 9.47 Å². The average Bonchev–Trinajstić information content (AvgIpc) is 3.56. The number of hydrogen-bond acceptors (Lipinski definition) is 8. The lowest BCUT2D eigenvalue weighted by Gasteiger charge is -2.42. The van der Waals surface area contributed by atoms with Gasteiger partial charge in [0.2, 0.25) is 0 Å². The number of nitrogens with one attached hydrogen (secondary N) is 2. The number of esters is 2. The molecule has 3 aromatic carbocycles. The fourth-order valence-corrected chi connectivity index (χ4v) is 7.87. The summed E-state index contributed by atoms with van der Waals surface area (Å²) in [4.78, 5) is 57.3. The van der Waals surface area contributed by atoms with E-state index in [1.165, 1.54) is 14.2 Å². The first-order chi connectivity index (χ1) is 20.2. The normalized spacial score (nSPS) is 33.5. The third-order valence-electron chi connectivity index (χ3n) is 9.37. The molecule has 2 aliphatic heterocycles. The standard InChI is InChI=1S/C33H31BrN2O6/c1-32(30(39)41-2)24-22(26(35-32)18-10-6-4-7-11-18)29(38)25-23(28(24)37)27(19-14-16-21(34)17-15-19)36-33(25,31(40)42-3)20-12-8-5-9-13-20/h4-17,22-27,35-36H,1-3H3/t22-,23+,24-,25+,26-,27+,32-,33+/m1/s1. The van der Waals surface area contributed by atoms with Gasteiger partial charge in [-0.15, -0.1) is 0 Å². The minimum atomic E-state index is -1.64. The molecule has 42 heavy (non-hydrogen) atoms. The summed E-state index contributed by atoms with van der Waals surface area (Å²) in [6.45, 7) is 1.63. The van der Waals surface area contributed by atoms with Crippen molar-refractivity contribution in [1.82, 2.24) is 10.6 Å². The number of halogens is 1. The molecule has 2 heterocycles. The van der Waals surface area contributed by atoms with Gasteiger partial charge in [0.1, 0.15) is 17.1 Å². The van der Waals surface area contributed by atoms with Gasteiger partial charge in [0.25, 0.3) is 0 Å².